The van der Waals surface area contributed by atoms with E-state index in [2.05, 4.69) is 17.6 Å². The van der Waals surface area contributed by atoms with E-state index in [4.69, 9.17) is 0 Å². The van der Waals surface area contributed by atoms with Crippen LogP contribution in [0.15, 0.2) is 0 Å². The second-order valence-corrected chi connectivity index (χ2v) is 5.93. The number of rotatable bonds is 5. The van der Waals surface area contributed by atoms with Crippen molar-refractivity contribution < 1.29 is 13.2 Å². The highest BCUT2D eigenvalue weighted by molar-refractivity contribution is 5.08. The van der Waals surface area contributed by atoms with Crippen molar-refractivity contribution in [1.82, 2.24) is 10.6 Å². The van der Waals surface area contributed by atoms with Crippen molar-refractivity contribution in [2.45, 2.75) is 57.2 Å². The van der Waals surface area contributed by atoms with Crippen LogP contribution in [0.25, 0.3) is 0 Å². The fourth-order valence-electron chi connectivity index (χ4n) is 3.04. The van der Waals surface area contributed by atoms with Gasteiger partial charge in [-0.3, -0.25) is 0 Å². The standard InChI is InChI=1S/C13H23F3N2/c1-2-3-11(6-8-17-9-7-11)10-18-12(4-5-12)13(14,15)16/h17-18H,2-10H2,1H3. The molecule has 2 nitrogen and oxygen atoms in total. The number of piperidine rings is 1. The van der Waals surface area contributed by atoms with Gasteiger partial charge in [0.25, 0.3) is 0 Å². The van der Waals surface area contributed by atoms with E-state index >= 15 is 0 Å². The molecule has 1 aliphatic carbocycles. The fourth-order valence-corrected chi connectivity index (χ4v) is 3.04. The molecule has 0 amide bonds. The summed E-state index contributed by atoms with van der Waals surface area (Å²) >= 11 is 0. The lowest BCUT2D eigenvalue weighted by atomic mass is 9.75. The van der Waals surface area contributed by atoms with Gasteiger partial charge >= 0.3 is 6.18 Å². The summed E-state index contributed by atoms with van der Waals surface area (Å²) in [5.74, 6) is 0. The maximum absolute atomic E-state index is 12.9. The summed E-state index contributed by atoms with van der Waals surface area (Å²) in [4.78, 5) is 0. The SMILES string of the molecule is CCCC1(CNC2(C(F)(F)F)CC2)CCNCC1. The van der Waals surface area contributed by atoms with Gasteiger partial charge in [0.1, 0.15) is 5.54 Å². The maximum atomic E-state index is 12.9. The van der Waals surface area contributed by atoms with Crippen LogP contribution in [0.3, 0.4) is 0 Å². The number of hydrogen-bond acceptors (Lipinski definition) is 2. The minimum atomic E-state index is -4.09. The van der Waals surface area contributed by atoms with Gasteiger partial charge in [-0.15, -0.1) is 0 Å². The molecule has 0 spiro atoms. The molecule has 2 aliphatic rings. The number of nitrogens with one attached hydrogen (secondary N) is 2. The van der Waals surface area contributed by atoms with Crippen molar-refractivity contribution in [1.29, 1.82) is 0 Å². The Labute approximate surface area is 107 Å². The van der Waals surface area contributed by atoms with Crippen molar-refractivity contribution in [2.75, 3.05) is 19.6 Å². The Morgan fingerprint density at radius 2 is 1.72 bits per heavy atom. The molecule has 0 aromatic carbocycles. The van der Waals surface area contributed by atoms with E-state index in [1.165, 1.54) is 0 Å². The Morgan fingerprint density at radius 1 is 1.11 bits per heavy atom. The fraction of sp³-hybridized carbons (Fsp3) is 1.00. The summed E-state index contributed by atoms with van der Waals surface area (Å²) in [7, 11) is 0. The first kappa shape index (κ1) is 14.1. The average Bonchev–Trinajstić information content (AvgIpc) is 3.08. The Morgan fingerprint density at radius 3 is 2.17 bits per heavy atom. The quantitative estimate of drug-likeness (QED) is 0.798. The number of hydrogen-bond donors (Lipinski definition) is 2. The average molecular weight is 264 g/mol. The number of halogens is 3. The normalized spacial score (nSPS) is 26.0. The van der Waals surface area contributed by atoms with Crippen LogP contribution in [0, 0.1) is 5.41 Å². The van der Waals surface area contributed by atoms with Crippen LogP contribution in [0.1, 0.15) is 45.4 Å². The predicted molar refractivity (Wildman–Crippen MR) is 65.5 cm³/mol. The van der Waals surface area contributed by atoms with E-state index in [-0.39, 0.29) is 18.3 Å². The Balaban J connectivity index is 1.94. The molecule has 1 saturated heterocycles. The van der Waals surface area contributed by atoms with Gasteiger partial charge in [-0.1, -0.05) is 13.3 Å². The van der Waals surface area contributed by atoms with Crippen LogP contribution >= 0.6 is 0 Å². The summed E-state index contributed by atoms with van der Waals surface area (Å²) < 4.78 is 38.7. The zero-order valence-electron chi connectivity index (χ0n) is 11.0. The molecule has 0 radical (unpaired) electrons. The highest BCUT2D eigenvalue weighted by Gasteiger charge is 2.63. The maximum Gasteiger partial charge on any atom is 0.406 e. The molecule has 1 aliphatic heterocycles. The second-order valence-electron chi connectivity index (χ2n) is 5.93. The minimum Gasteiger partial charge on any atom is -0.317 e. The van der Waals surface area contributed by atoms with E-state index < -0.39 is 11.7 Å². The minimum absolute atomic E-state index is 0.0703. The molecule has 2 N–H and O–H groups in total. The Hall–Kier alpha value is -0.290. The van der Waals surface area contributed by atoms with Crippen molar-refractivity contribution in [2.24, 2.45) is 5.41 Å². The topological polar surface area (TPSA) is 24.1 Å². The zero-order valence-corrected chi connectivity index (χ0v) is 11.0. The molecular weight excluding hydrogens is 241 g/mol. The van der Waals surface area contributed by atoms with Gasteiger partial charge in [-0.05, 0) is 50.6 Å². The first-order valence-corrected chi connectivity index (χ1v) is 6.96. The highest BCUT2D eigenvalue weighted by Crippen LogP contribution is 2.49. The molecule has 0 atom stereocenters. The van der Waals surface area contributed by atoms with Crippen molar-refractivity contribution in [3.63, 3.8) is 0 Å². The summed E-state index contributed by atoms with van der Waals surface area (Å²) in [6.45, 7) is 4.49. The van der Waals surface area contributed by atoms with E-state index in [1.807, 2.05) is 0 Å². The van der Waals surface area contributed by atoms with Gasteiger partial charge in [-0.2, -0.15) is 13.2 Å². The molecule has 2 fully saturated rings. The summed E-state index contributed by atoms with van der Waals surface area (Å²) in [5, 5.41) is 6.14. The molecule has 0 aromatic heterocycles. The first-order chi connectivity index (χ1) is 8.43. The Kier molecular flexibility index (Phi) is 3.93. The van der Waals surface area contributed by atoms with Crippen LogP contribution in [-0.4, -0.2) is 31.3 Å². The third-order valence-corrected chi connectivity index (χ3v) is 4.54. The van der Waals surface area contributed by atoms with Crippen molar-refractivity contribution in [3.8, 4) is 0 Å². The van der Waals surface area contributed by atoms with Gasteiger partial charge < -0.3 is 10.6 Å². The van der Waals surface area contributed by atoms with E-state index in [0.29, 0.717) is 6.54 Å². The highest BCUT2D eigenvalue weighted by atomic mass is 19.4. The molecule has 18 heavy (non-hydrogen) atoms. The van der Waals surface area contributed by atoms with Gasteiger partial charge in [0.05, 0.1) is 0 Å². The molecule has 0 aromatic rings. The van der Waals surface area contributed by atoms with Crippen LogP contribution < -0.4 is 10.6 Å². The lowest BCUT2D eigenvalue weighted by Gasteiger charge is -2.39. The Bertz CT molecular complexity index is 273. The smallest absolute Gasteiger partial charge is 0.317 e. The van der Waals surface area contributed by atoms with Gasteiger partial charge in [-0.25, -0.2) is 0 Å². The summed E-state index contributed by atoms with van der Waals surface area (Å²) in [5.41, 5.74) is -1.49. The lowest BCUT2D eigenvalue weighted by molar-refractivity contribution is -0.167. The monoisotopic (exact) mass is 264 g/mol. The van der Waals surface area contributed by atoms with Gasteiger partial charge in [0.2, 0.25) is 0 Å². The van der Waals surface area contributed by atoms with Crippen LogP contribution in [0.5, 0.6) is 0 Å². The van der Waals surface area contributed by atoms with Crippen LogP contribution in [0.2, 0.25) is 0 Å². The molecular formula is C13H23F3N2. The first-order valence-electron chi connectivity index (χ1n) is 6.96. The largest absolute Gasteiger partial charge is 0.406 e. The lowest BCUT2D eigenvalue weighted by Crippen LogP contribution is -2.51. The van der Waals surface area contributed by atoms with Crippen LogP contribution in [0.4, 0.5) is 13.2 Å². The molecule has 2 rings (SSSR count). The predicted octanol–water partition coefficient (Wildman–Crippen LogP) is 2.84. The molecule has 106 valence electrons. The second kappa shape index (κ2) is 5.00. The third-order valence-electron chi connectivity index (χ3n) is 4.54. The van der Waals surface area contributed by atoms with E-state index in [0.717, 1.165) is 38.8 Å². The molecule has 0 unspecified atom stereocenters. The summed E-state index contributed by atoms with van der Waals surface area (Å²) in [6.07, 6.45) is 0.446. The van der Waals surface area contributed by atoms with E-state index in [9.17, 15) is 13.2 Å². The molecule has 1 heterocycles. The molecule has 0 bridgehead atoms. The van der Waals surface area contributed by atoms with Crippen molar-refractivity contribution in [3.05, 3.63) is 0 Å². The van der Waals surface area contributed by atoms with Crippen LogP contribution in [-0.2, 0) is 0 Å². The number of alkyl halides is 3. The van der Waals surface area contributed by atoms with Gasteiger partial charge in [0, 0.05) is 6.54 Å². The van der Waals surface area contributed by atoms with Crippen molar-refractivity contribution >= 4 is 0 Å². The summed E-state index contributed by atoms with van der Waals surface area (Å²) in [6, 6.07) is 0. The molecule has 1 saturated carbocycles. The molecule has 5 heteroatoms. The zero-order chi connectivity index (χ0) is 13.3. The van der Waals surface area contributed by atoms with E-state index in [1.54, 1.807) is 0 Å². The third kappa shape index (κ3) is 2.82. The van der Waals surface area contributed by atoms with Gasteiger partial charge in [0.15, 0.2) is 0 Å².